The average Bonchev–Trinajstić information content (AvgIpc) is 2.81. The molecule has 1 saturated heterocycles. The van der Waals surface area contributed by atoms with E-state index in [1.54, 1.807) is 6.07 Å². The van der Waals surface area contributed by atoms with Crippen molar-refractivity contribution in [2.45, 2.75) is 25.7 Å². The van der Waals surface area contributed by atoms with Crippen LogP contribution in [-0.4, -0.2) is 35.4 Å². The zero-order valence-electron chi connectivity index (χ0n) is 11.1. The van der Waals surface area contributed by atoms with Crippen molar-refractivity contribution in [2.24, 2.45) is 11.8 Å². The van der Waals surface area contributed by atoms with Crippen LogP contribution in [0.2, 0.25) is 0 Å². The molecule has 1 N–H and O–H groups in total. The van der Waals surface area contributed by atoms with Gasteiger partial charge in [-0.1, -0.05) is 18.9 Å². The van der Waals surface area contributed by atoms with Gasteiger partial charge >= 0.3 is 0 Å². The molecule has 3 nitrogen and oxygen atoms in total. The lowest BCUT2D eigenvalue weighted by Crippen LogP contribution is -2.28. The number of hydrogen-bond acceptors (Lipinski definition) is 3. The molecule has 1 saturated carbocycles. The standard InChI is InChI=1S/C16H19NO2/c18-15-7-5-12(6-8-15)16(19)11-17-9-13-3-1-2-4-14(13)10-17/h5,7,13-14,18H,1-4,9-11H2/t13-,14+. The molecule has 1 aliphatic heterocycles. The highest BCUT2D eigenvalue weighted by Crippen LogP contribution is 2.35. The predicted molar refractivity (Wildman–Crippen MR) is 72.0 cm³/mol. The topological polar surface area (TPSA) is 40.5 Å². The summed E-state index contributed by atoms with van der Waals surface area (Å²) >= 11 is 0. The monoisotopic (exact) mass is 257 g/mol. The Labute approximate surface area is 114 Å². The average molecular weight is 257 g/mol. The molecule has 2 fully saturated rings. The maximum Gasteiger partial charge on any atom is 0.185 e. The van der Waals surface area contributed by atoms with E-state index in [0.29, 0.717) is 12.1 Å². The highest BCUT2D eigenvalue weighted by atomic mass is 16.3. The smallest absolute Gasteiger partial charge is 0.185 e. The first-order chi connectivity index (χ1) is 9.22. The summed E-state index contributed by atoms with van der Waals surface area (Å²) in [5.41, 5.74) is 0.521. The molecule has 0 spiro atoms. The van der Waals surface area contributed by atoms with E-state index in [9.17, 15) is 4.79 Å². The SMILES string of the molecule is O=C(CN1C[C@H]2CCCC[C@H]2C1)c1c#cc(O)cc1. The second-order valence-electron chi connectivity index (χ2n) is 5.80. The van der Waals surface area contributed by atoms with Gasteiger partial charge in [-0.3, -0.25) is 9.69 Å². The van der Waals surface area contributed by atoms with Crippen LogP contribution in [0.25, 0.3) is 0 Å². The van der Waals surface area contributed by atoms with E-state index in [-0.39, 0.29) is 11.5 Å². The van der Waals surface area contributed by atoms with Crippen LogP contribution in [0.4, 0.5) is 0 Å². The predicted octanol–water partition coefficient (Wildman–Crippen LogP) is 2.30. The van der Waals surface area contributed by atoms with Crippen molar-refractivity contribution in [1.82, 2.24) is 4.90 Å². The molecular weight excluding hydrogens is 238 g/mol. The van der Waals surface area contributed by atoms with E-state index in [4.69, 9.17) is 5.11 Å². The van der Waals surface area contributed by atoms with Crippen LogP contribution in [0, 0.1) is 24.0 Å². The van der Waals surface area contributed by atoms with Crippen molar-refractivity contribution in [2.75, 3.05) is 19.6 Å². The minimum absolute atomic E-state index is 0.0312. The Balaban J connectivity index is 1.59. The van der Waals surface area contributed by atoms with E-state index in [1.165, 1.54) is 31.7 Å². The Hall–Kier alpha value is -1.53. The van der Waals surface area contributed by atoms with Crippen LogP contribution in [0.3, 0.4) is 0 Å². The summed E-state index contributed by atoms with van der Waals surface area (Å²) in [6.07, 6.45) is 5.36. The number of nitrogens with zero attached hydrogens (tertiary/aromatic N) is 1. The number of Topliss-reactive ketones (excluding diaryl/α,β-unsaturated/α-hetero) is 1. The zero-order valence-corrected chi connectivity index (χ0v) is 11.1. The highest BCUT2D eigenvalue weighted by Gasteiger charge is 2.34. The van der Waals surface area contributed by atoms with Crippen molar-refractivity contribution >= 4 is 5.78 Å². The van der Waals surface area contributed by atoms with E-state index < -0.39 is 0 Å². The first-order valence-electron chi connectivity index (χ1n) is 7.11. The van der Waals surface area contributed by atoms with Gasteiger partial charge in [-0.25, -0.2) is 0 Å². The lowest BCUT2D eigenvalue weighted by molar-refractivity contribution is 0.0942. The fourth-order valence-corrected chi connectivity index (χ4v) is 3.46. The number of hydrogen-bond donors (Lipinski definition) is 1. The second kappa shape index (κ2) is 5.22. The fraction of sp³-hybridized carbons (Fsp3) is 0.562. The van der Waals surface area contributed by atoms with E-state index in [0.717, 1.165) is 24.9 Å². The Morgan fingerprint density at radius 1 is 1.21 bits per heavy atom. The van der Waals surface area contributed by atoms with Crippen molar-refractivity contribution in [3.8, 4) is 5.75 Å². The van der Waals surface area contributed by atoms with Gasteiger partial charge < -0.3 is 5.11 Å². The normalized spacial score (nSPS) is 26.7. The van der Waals surface area contributed by atoms with Gasteiger partial charge in [-0.2, -0.15) is 0 Å². The molecule has 1 aliphatic carbocycles. The molecule has 3 heteroatoms. The third-order valence-electron chi connectivity index (χ3n) is 4.45. The molecule has 3 rings (SSSR count). The van der Waals surface area contributed by atoms with Crippen molar-refractivity contribution in [3.05, 3.63) is 29.8 Å². The molecule has 0 radical (unpaired) electrons. The van der Waals surface area contributed by atoms with Crippen molar-refractivity contribution in [3.63, 3.8) is 0 Å². The molecule has 1 heterocycles. The zero-order chi connectivity index (χ0) is 13.2. The van der Waals surface area contributed by atoms with Crippen molar-refractivity contribution in [1.29, 1.82) is 0 Å². The van der Waals surface area contributed by atoms with Gasteiger partial charge in [0.25, 0.3) is 0 Å². The molecule has 0 amide bonds. The first-order valence-corrected chi connectivity index (χ1v) is 7.11. The maximum absolute atomic E-state index is 12.1. The van der Waals surface area contributed by atoms with Gasteiger partial charge in [0.15, 0.2) is 11.5 Å². The first kappa shape index (κ1) is 12.5. The van der Waals surface area contributed by atoms with E-state index in [1.807, 2.05) is 0 Å². The molecule has 0 unspecified atom stereocenters. The molecule has 2 aliphatic rings. The molecule has 0 bridgehead atoms. The lowest BCUT2D eigenvalue weighted by atomic mass is 9.82. The minimum Gasteiger partial charge on any atom is -0.501 e. The number of ketones is 1. The van der Waals surface area contributed by atoms with Gasteiger partial charge in [0, 0.05) is 13.1 Å². The number of rotatable bonds is 3. The van der Waals surface area contributed by atoms with Crippen molar-refractivity contribution < 1.29 is 9.90 Å². The number of likely N-dealkylation sites (tertiary alicyclic amines) is 1. The van der Waals surface area contributed by atoms with Gasteiger partial charge in [0.1, 0.15) is 0 Å². The summed E-state index contributed by atoms with van der Waals surface area (Å²) < 4.78 is 0. The summed E-state index contributed by atoms with van der Waals surface area (Å²) in [6, 6.07) is 8.38. The number of carbonyl (C=O) groups is 1. The lowest BCUT2D eigenvalue weighted by Gasteiger charge is -2.23. The number of aromatic hydroxyl groups is 1. The molecule has 1 aromatic rings. The summed E-state index contributed by atoms with van der Waals surface area (Å²) in [7, 11) is 0. The minimum atomic E-state index is 0.0312. The molecule has 0 aromatic heterocycles. The quantitative estimate of drug-likeness (QED) is 0.845. The van der Waals surface area contributed by atoms with E-state index in [2.05, 4.69) is 17.0 Å². The Morgan fingerprint density at radius 3 is 2.47 bits per heavy atom. The summed E-state index contributed by atoms with van der Waals surface area (Å²) in [6.45, 7) is 2.61. The largest absolute Gasteiger partial charge is 0.501 e. The number of carbonyl (C=O) groups excluding carboxylic acids is 1. The Bertz CT molecular complexity index is 440. The summed E-state index contributed by atoms with van der Waals surface area (Å²) in [5, 5.41) is 9.15. The van der Waals surface area contributed by atoms with Crippen LogP contribution in [0.15, 0.2) is 12.1 Å². The molecular formula is C16H19NO2. The van der Waals surface area contributed by atoms with E-state index >= 15 is 0 Å². The Morgan fingerprint density at radius 2 is 1.89 bits per heavy atom. The van der Waals surface area contributed by atoms with Gasteiger partial charge in [-0.05, 0) is 42.9 Å². The van der Waals surface area contributed by atoms with Gasteiger partial charge in [0.05, 0.1) is 12.1 Å². The third-order valence-corrected chi connectivity index (χ3v) is 4.45. The second-order valence-corrected chi connectivity index (χ2v) is 5.80. The molecule has 100 valence electrons. The summed E-state index contributed by atoms with van der Waals surface area (Å²) in [5.74, 6) is 1.72. The third kappa shape index (κ3) is 2.74. The molecule has 2 atom stereocenters. The highest BCUT2D eigenvalue weighted by molar-refractivity contribution is 5.97. The van der Waals surface area contributed by atoms with Crippen LogP contribution >= 0.6 is 0 Å². The van der Waals surface area contributed by atoms with Gasteiger partial charge in [0.2, 0.25) is 0 Å². The summed E-state index contributed by atoms with van der Waals surface area (Å²) in [4.78, 5) is 14.4. The van der Waals surface area contributed by atoms with Gasteiger partial charge in [-0.15, -0.1) is 0 Å². The molecule has 1 aromatic carbocycles. The van der Waals surface area contributed by atoms with Crippen LogP contribution in [0.5, 0.6) is 5.75 Å². The van der Waals surface area contributed by atoms with Crippen LogP contribution in [-0.2, 0) is 0 Å². The number of fused-ring (bicyclic) bond motifs is 1. The van der Waals surface area contributed by atoms with Crippen LogP contribution < -0.4 is 0 Å². The van der Waals surface area contributed by atoms with Crippen LogP contribution in [0.1, 0.15) is 36.0 Å². The molecule has 19 heavy (non-hydrogen) atoms. The fourth-order valence-electron chi connectivity index (χ4n) is 3.46. The Kier molecular flexibility index (Phi) is 3.44. The maximum atomic E-state index is 12.1.